The fourth-order valence-electron chi connectivity index (χ4n) is 4.63. The second-order valence-corrected chi connectivity index (χ2v) is 12.3. The molecule has 2 aromatic rings. The highest BCUT2D eigenvalue weighted by Crippen LogP contribution is 2.34. The normalized spacial score (nSPS) is 16.6. The van der Waals surface area contributed by atoms with Crippen LogP contribution in [0.4, 0.5) is 13.2 Å². The summed E-state index contributed by atoms with van der Waals surface area (Å²) in [6, 6.07) is 7.50. The number of benzene rings is 2. The van der Waals surface area contributed by atoms with Crippen molar-refractivity contribution in [3.05, 3.63) is 63.7 Å². The maximum atomic E-state index is 14.0. The summed E-state index contributed by atoms with van der Waals surface area (Å²) in [5.41, 5.74) is -0.831. The summed E-state index contributed by atoms with van der Waals surface area (Å²) in [6.07, 6.45) is -2.05. The number of sulfone groups is 1. The van der Waals surface area contributed by atoms with Crippen LogP contribution in [0, 0.1) is 0 Å². The molecule has 0 aromatic heterocycles. The first-order valence-corrected chi connectivity index (χ1v) is 14.9. The van der Waals surface area contributed by atoms with E-state index in [9.17, 15) is 31.2 Å². The van der Waals surface area contributed by atoms with Crippen molar-refractivity contribution in [3.8, 4) is 0 Å². The van der Waals surface area contributed by atoms with Gasteiger partial charge in [0.25, 0.3) is 5.91 Å². The molecule has 0 aliphatic carbocycles. The van der Waals surface area contributed by atoms with Crippen LogP contribution >= 0.6 is 11.6 Å². The Labute approximate surface area is 232 Å². The summed E-state index contributed by atoms with van der Waals surface area (Å²) >= 11 is 6.00. The lowest BCUT2D eigenvalue weighted by Crippen LogP contribution is -2.47. The summed E-state index contributed by atoms with van der Waals surface area (Å²) < 4.78 is 66.8. The lowest BCUT2D eigenvalue weighted by molar-refractivity contribution is -0.138. The Balaban J connectivity index is 1.76. The Hall–Kier alpha value is -2.63. The van der Waals surface area contributed by atoms with Gasteiger partial charge >= 0.3 is 6.18 Å². The van der Waals surface area contributed by atoms with Crippen molar-refractivity contribution >= 4 is 33.3 Å². The van der Waals surface area contributed by atoms with Crippen molar-refractivity contribution in [2.75, 3.05) is 18.8 Å². The van der Waals surface area contributed by atoms with Gasteiger partial charge in [-0.25, -0.2) is 8.42 Å². The number of carbonyl (C=O) groups is 2. The van der Waals surface area contributed by atoms with E-state index in [2.05, 4.69) is 10.6 Å². The van der Waals surface area contributed by atoms with Gasteiger partial charge in [0.05, 0.1) is 16.2 Å². The van der Waals surface area contributed by atoms with Crippen LogP contribution in [0.5, 0.6) is 0 Å². The number of carbonyl (C=O) groups excluding carboxylic acids is 2. The molecule has 1 unspecified atom stereocenters. The minimum Gasteiger partial charge on any atom is -0.352 e. The number of piperidine rings is 1. The third-order valence-corrected chi connectivity index (χ3v) is 8.66. The van der Waals surface area contributed by atoms with Crippen molar-refractivity contribution in [1.29, 1.82) is 0 Å². The van der Waals surface area contributed by atoms with E-state index < -0.39 is 27.5 Å². The zero-order valence-corrected chi connectivity index (χ0v) is 23.5. The van der Waals surface area contributed by atoms with Crippen molar-refractivity contribution in [2.24, 2.45) is 0 Å². The van der Waals surface area contributed by atoms with Gasteiger partial charge in [-0.05, 0) is 67.3 Å². The molecule has 0 bridgehead atoms. The van der Waals surface area contributed by atoms with E-state index in [4.69, 9.17) is 11.6 Å². The molecule has 1 aliphatic heterocycles. The predicted molar refractivity (Wildman–Crippen MR) is 143 cm³/mol. The zero-order valence-electron chi connectivity index (χ0n) is 21.9. The molecule has 0 spiro atoms. The van der Waals surface area contributed by atoms with Crippen LogP contribution in [-0.4, -0.2) is 50.0 Å². The summed E-state index contributed by atoms with van der Waals surface area (Å²) in [7, 11) is -3.60. The first-order chi connectivity index (χ1) is 18.3. The molecule has 7 nitrogen and oxygen atoms in total. The molecule has 1 heterocycles. The van der Waals surface area contributed by atoms with Crippen molar-refractivity contribution in [3.63, 3.8) is 0 Å². The number of hydrogen-bond donors (Lipinski definition) is 2. The highest BCUT2D eigenvalue weighted by atomic mass is 35.5. The van der Waals surface area contributed by atoms with E-state index in [1.54, 1.807) is 0 Å². The molecule has 3 rings (SSSR count). The summed E-state index contributed by atoms with van der Waals surface area (Å²) in [5, 5.41) is 5.73. The van der Waals surface area contributed by atoms with Gasteiger partial charge in [0.15, 0.2) is 9.84 Å². The van der Waals surface area contributed by atoms with Crippen LogP contribution in [0.3, 0.4) is 0 Å². The first kappa shape index (κ1) is 30.9. The standard InChI is InChI=1S/C27H33ClF3N3O4S/c1-3-6-25(35)33-22-7-5-12-34(17-22)16-19-9-8-18(14-23(19)27(29,30)31)26(36)32-15-20-13-21(28)10-11-24(20)39(37,38)4-2/h8-11,13-14,22H,3-7,12,15-17H2,1-2H3,(H,32,36)(H,33,35). The SMILES string of the molecule is CCCC(=O)NC1CCCN(Cc2ccc(C(=O)NCc3cc(Cl)ccc3S(=O)(=O)CC)cc2C(F)(F)F)C1. The number of alkyl halides is 3. The van der Waals surface area contributed by atoms with E-state index in [0.29, 0.717) is 19.5 Å². The average Bonchev–Trinajstić information content (AvgIpc) is 2.87. The third kappa shape index (κ3) is 8.43. The second-order valence-electron chi connectivity index (χ2n) is 9.60. The van der Waals surface area contributed by atoms with E-state index in [1.165, 1.54) is 37.3 Å². The molecule has 2 N–H and O–H groups in total. The fraction of sp³-hybridized carbons (Fsp3) is 0.481. The van der Waals surface area contributed by atoms with Crippen LogP contribution in [0.2, 0.25) is 5.02 Å². The van der Waals surface area contributed by atoms with E-state index in [-0.39, 0.29) is 57.4 Å². The highest BCUT2D eigenvalue weighted by Gasteiger charge is 2.35. The number of likely N-dealkylation sites (tertiary alicyclic amines) is 1. The number of rotatable bonds is 10. The van der Waals surface area contributed by atoms with Crippen molar-refractivity contribution in [1.82, 2.24) is 15.5 Å². The molecule has 1 aliphatic rings. The molecule has 12 heteroatoms. The maximum absolute atomic E-state index is 14.0. The van der Waals surface area contributed by atoms with Crippen LogP contribution in [0.1, 0.15) is 66.6 Å². The van der Waals surface area contributed by atoms with E-state index in [0.717, 1.165) is 25.3 Å². The Morgan fingerprint density at radius 2 is 1.85 bits per heavy atom. The van der Waals surface area contributed by atoms with Gasteiger partial charge < -0.3 is 10.6 Å². The molecule has 2 amide bonds. The van der Waals surface area contributed by atoms with Crippen LogP contribution in [0.15, 0.2) is 41.3 Å². The molecule has 0 radical (unpaired) electrons. The van der Waals surface area contributed by atoms with Gasteiger partial charge in [0, 0.05) is 42.7 Å². The fourth-order valence-corrected chi connectivity index (χ4v) is 5.94. The molecule has 214 valence electrons. The predicted octanol–water partition coefficient (Wildman–Crippen LogP) is 4.96. The zero-order chi connectivity index (χ0) is 28.8. The first-order valence-electron chi connectivity index (χ1n) is 12.8. The summed E-state index contributed by atoms with van der Waals surface area (Å²) in [6.45, 7) is 4.23. The highest BCUT2D eigenvalue weighted by molar-refractivity contribution is 7.91. The minimum atomic E-state index is -4.69. The van der Waals surface area contributed by atoms with Gasteiger partial charge in [-0.1, -0.05) is 31.5 Å². The third-order valence-electron chi connectivity index (χ3n) is 6.60. The number of amides is 2. The monoisotopic (exact) mass is 587 g/mol. The Morgan fingerprint density at radius 3 is 2.51 bits per heavy atom. The number of nitrogens with zero attached hydrogens (tertiary/aromatic N) is 1. The summed E-state index contributed by atoms with van der Waals surface area (Å²) in [5.74, 6) is -0.995. The van der Waals surface area contributed by atoms with Crippen LogP contribution in [0.25, 0.3) is 0 Å². The molecule has 39 heavy (non-hydrogen) atoms. The molecule has 1 fully saturated rings. The quantitative estimate of drug-likeness (QED) is 0.410. The Kier molecular flexibility index (Phi) is 10.4. The largest absolute Gasteiger partial charge is 0.416 e. The lowest BCUT2D eigenvalue weighted by atomic mass is 10.00. The molecule has 2 aromatic carbocycles. The number of nitrogens with one attached hydrogen (secondary N) is 2. The lowest BCUT2D eigenvalue weighted by Gasteiger charge is -2.33. The smallest absolute Gasteiger partial charge is 0.352 e. The molecule has 1 atom stereocenters. The van der Waals surface area contributed by atoms with E-state index >= 15 is 0 Å². The molecular weight excluding hydrogens is 555 g/mol. The van der Waals surface area contributed by atoms with Gasteiger partial charge in [-0.2, -0.15) is 13.2 Å². The summed E-state index contributed by atoms with van der Waals surface area (Å²) in [4.78, 5) is 26.6. The minimum absolute atomic E-state index is 0.00625. The second kappa shape index (κ2) is 13.1. The van der Waals surface area contributed by atoms with Crippen molar-refractivity contribution in [2.45, 2.75) is 69.7 Å². The van der Waals surface area contributed by atoms with Gasteiger partial charge in [-0.3, -0.25) is 14.5 Å². The Morgan fingerprint density at radius 1 is 1.10 bits per heavy atom. The van der Waals surface area contributed by atoms with Crippen LogP contribution in [-0.2, 0) is 33.9 Å². The topological polar surface area (TPSA) is 95.6 Å². The molecular formula is C27H33ClF3N3O4S. The van der Waals surface area contributed by atoms with Crippen LogP contribution < -0.4 is 10.6 Å². The van der Waals surface area contributed by atoms with Crippen molar-refractivity contribution < 1.29 is 31.2 Å². The Bertz CT molecular complexity index is 1300. The van der Waals surface area contributed by atoms with Gasteiger partial charge in [-0.15, -0.1) is 0 Å². The van der Waals surface area contributed by atoms with Gasteiger partial charge in [0.1, 0.15) is 0 Å². The molecule has 0 saturated carbocycles. The van der Waals surface area contributed by atoms with E-state index in [1.807, 2.05) is 11.8 Å². The number of hydrogen-bond acceptors (Lipinski definition) is 5. The van der Waals surface area contributed by atoms with Gasteiger partial charge in [0.2, 0.25) is 5.91 Å². The molecule has 1 saturated heterocycles. The number of halogens is 4. The maximum Gasteiger partial charge on any atom is 0.416 e. The average molecular weight is 588 g/mol.